The van der Waals surface area contributed by atoms with E-state index in [0.29, 0.717) is 6.42 Å². The van der Waals surface area contributed by atoms with E-state index in [9.17, 15) is 18.4 Å². The van der Waals surface area contributed by atoms with Crippen molar-refractivity contribution in [2.45, 2.75) is 26.3 Å². The highest BCUT2D eigenvalue weighted by atomic mass is 35.5. The van der Waals surface area contributed by atoms with Gasteiger partial charge < -0.3 is 5.32 Å². The first-order valence-corrected chi connectivity index (χ1v) is 6.14. The molecule has 0 saturated heterocycles. The summed E-state index contributed by atoms with van der Waals surface area (Å²) in [6.07, 6.45) is 0.373. The van der Waals surface area contributed by atoms with Gasteiger partial charge in [0.2, 0.25) is 5.24 Å². The minimum absolute atomic E-state index is 0.0643. The first kappa shape index (κ1) is 15.6. The van der Waals surface area contributed by atoms with Crippen molar-refractivity contribution in [3.8, 4) is 0 Å². The quantitative estimate of drug-likeness (QED) is 0.847. The standard InChI is InChI=1S/C13H14ClF2NO2/c1-7(2)5-11(12(14)18)17-13(19)8-3-4-9(15)10(16)6-8/h3-4,6-7,11H,5H2,1-2H3,(H,17,19). The average Bonchev–Trinajstić information content (AvgIpc) is 2.31. The molecule has 3 nitrogen and oxygen atoms in total. The summed E-state index contributed by atoms with van der Waals surface area (Å²) in [5.41, 5.74) is -0.0643. The van der Waals surface area contributed by atoms with Gasteiger partial charge in [0.1, 0.15) is 6.04 Å². The van der Waals surface area contributed by atoms with E-state index in [4.69, 9.17) is 11.6 Å². The molecule has 0 saturated carbocycles. The Balaban J connectivity index is 2.81. The molecule has 0 spiro atoms. The van der Waals surface area contributed by atoms with Gasteiger partial charge in [-0.2, -0.15) is 0 Å². The number of hydrogen-bond acceptors (Lipinski definition) is 2. The molecule has 1 amide bonds. The van der Waals surface area contributed by atoms with Crippen LogP contribution in [0.2, 0.25) is 0 Å². The molecule has 1 aromatic rings. The second-order valence-corrected chi connectivity index (χ2v) is 4.96. The van der Waals surface area contributed by atoms with Gasteiger partial charge in [-0.3, -0.25) is 9.59 Å². The van der Waals surface area contributed by atoms with E-state index in [1.165, 1.54) is 0 Å². The summed E-state index contributed by atoms with van der Waals surface area (Å²) in [7, 11) is 0. The van der Waals surface area contributed by atoms with Crippen LogP contribution in [0, 0.1) is 17.6 Å². The van der Waals surface area contributed by atoms with Crippen molar-refractivity contribution in [1.82, 2.24) is 5.32 Å². The third kappa shape index (κ3) is 4.59. The zero-order valence-corrected chi connectivity index (χ0v) is 11.3. The van der Waals surface area contributed by atoms with Crippen molar-refractivity contribution in [3.05, 3.63) is 35.4 Å². The van der Waals surface area contributed by atoms with Gasteiger partial charge in [0.05, 0.1) is 0 Å². The Morgan fingerprint density at radius 3 is 2.37 bits per heavy atom. The molecule has 0 aromatic heterocycles. The fraction of sp³-hybridized carbons (Fsp3) is 0.385. The van der Waals surface area contributed by atoms with Crippen LogP contribution in [0.4, 0.5) is 8.78 Å². The number of amides is 1. The van der Waals surface area contributed by atoms with Gasteiger partial charge in [0.15, 0.2) is 11.6 Å². The van der Waals surface area contributed by atoms with E-state index in [0.717, 1.165) is 18.2 Å². The average molecular weight is 290 g/mol. The normalized spacial score (nSPS) is 12.3. The van der Waals surface area contributed by atoms with Gasteiger partial charge in [-0.25, -0.2) is 8.78 Å². The molecule has 19 heavy (non-hydrogen) atoms. The van der Waals surface area contributed by atoms with E-state index in [-0.39, 0.29) is 11.5 Å². The van der Waals surface area contributed by atoms with Crippen LogP contribution in [0.25, 0.3) is 0 Å². The predicted octanol–water partition coefficient (Wildman–Crippen LogP) is 2.87. The summed E-state index contributed by atoms with van der Waals surface area (Å²) in [6.45, 7) is 3.74. The van der Waals surface area contributed by atoms with Crippen molar-refractivity contribution < 1.29 is 18.4 Å². The summed E-state index contributed by atoms with van der Waals surface area (Å²) in [5, 5.41) is 1.71. The van der Waals surface area contributed by atoms with Gasteiger partial charge in [0, 0.05) is 5.56 Å². The highest BCUT2D eigenvalue weighted by Gasteiger charge is 2.21. The Labute approximate surface area is 114 Å². The monoisotopic (exact) mass is 289 g/mol. The van der Waals surface area contributed by atoms with E-state index >= 15 is 0 Å². The Kier molecular flexibility index (Phi) is 5.42. The zero-order valence-electron chi connectivity index (χ0n) is 10.5. The molecule has 0 heterocycles. The third-order valence-corrected chi connectivity index (χ3v) is 2.73. The molecule has 1 N–H and O–H groups in total. The van der Waals surface area contributed by atoms with Gasteiger partial charge in [-0.15, -0.1) is 0 Å². The second-order valence-electron chi connectivity index (χ2n) is 4.59. The van der Waals surface area contributed by atoms with Crippen molar-refractivity contribution in [1.29, 1.82) is 0 Å². The molecule has 0 aliphatic heterocycles. The third-order valence-electron chi connectivity index (χ3n) is 2.47. The minimum Gasteiger partial charge on any atom is -0.341 e. The highest BCUT2D eigenvalue weighted by molar-refractivity contribution is 6.64. The number of rotatable bonds is 5. The van der Waals surface area contributed by atoms with E-state index in [1.807, 2.05) is 13.8 Å². The van der Waals surface area contributed by atoms with Crippen molar-refractivity contribution in [3.63, 3.8) is 0 Å². The lowest BCUT2D eigenvalue weighted by atomic mass is 10.0. The largest absolute Gasteiger partial charge is 0.341 e. The summed E-state index contributed by atoms with van der Waals surface area (Å²) in [6, 6.07) is 1.92. The predicted molar refractivity (Wildman–Crippen MR) is 67.9 cm³/mol. The summed E-state index contributed by atoms with van der Waals surface area (Å²) in [4.78, 5) is 23.0. The first-order chi connectivity index (χ1) is 8.81. The van der Waals surface area contributed by atoms with Gasteiger partial charge in [-0.1, -0.05) is 13.8 Å². The molecule has 1 aromatic carbocycles. The van der Waals surface area contributed by atoms with Crippen LogP contribution in [0.15, 0.2) is 18.2 Å². The Morgan fingerprint density at radius 2 is 1.89 bits per heavy atom. The van der Waals surface area contributed by atoms with Crippen LogP contribution >= 0.6 is 11.6 Å². The second kappa shape index (κ2) is 6.61. The first-order valence-electron chi connectivity index (χ1n) is 5.76. The highest BCUT2D eigenvalue weighted by Crippen LogP contribution is 2.11. The lowest BCUT2D eigenvalue weighted by molar-refractivity contribution is -0.113. The molecule has 0 bridgehead atoms. The Bertz CT molecular complexity index is 492. The summed E-state index contributed by atoms with van der Waals surface area (Å²) in [5.74, 6) is -2.68. The molecular weight excluding hydrogens is 276 g/mol. The van der Waals surface area contributed by atoms with Crippen LogP contribution in [0.1, 0.15) is 30.6 Å². The van der Waals surface area contributed by atoms with Gasteiger partial charge in [-0.05, 0) is 42.1 Å². The van der Waals surface area contributed by atoms with Gasteiger partial charge in [0.25, 0.3) is 5.91 Å². The van der Waals surface area contributed by atoms with Crippen LogP contribution in [0.3, 0.4) is 0 Å². The summed E-state index contributed by atoms with van der Waals surface area (Å²) < 4.78 is 25.7. The Morgan fingerprint density at radius 1 is 1.26 bits per heavy atom. The zero-order chi connectivity index (χ0) is 14.6. The fourth-order valence-corrected chi connectivity index (χ4v) is 1.70. The minimum atomic E-state index is -1.12. The molecule has 0 fully saturated rings. The van der Waals surface area contributed by atoms with Gasteiger partial charge >= 0.3 is 0 Å². The van der Waals surface area contributed by atoms with Crippen LogP contribution < -0.4 is 5.32 Å². The van der Waals surface area contributed by atoms with Crippen LogP contribution in [0.5, 0.6) is 0 Å². The number of carbonyl (C=O) groups excluding carboxylic acids is 2. The number of halogens is 3. The maximum atomic E-state index is 13.0. The lowest BCUT2D eigenvalue weighted by Crippen LogP contribution is -2.39. The van der Waals surface area contributed by atoms with E-state index < -0.39 is 28.8 Å². The smallest absolute Gasteiger partial charge is 0.252 e. The molecular formula is C13H14ClF2NO2. The summed E-state index contributed by atoms with van der Waals surface area (Å²) >= 11 is 5.39. The Hall–Kier alpha value is -1.49. The van der Waals surface area contributed by atoms with E-state index in [1.54, 1.807) is 0 Å². The number of nitrogens with one attached hydrogen (secondary N) is 1. The number of hydrogen-bond donors (Lipinski definition) is 1. The SMILES string of the molecule is CC(C)CC(NC(=O)c1ccc(F)c(F)c1)C(=O)Cl. The van der Waals surface area contributed by atoms with Crippen LogP contribution in [-0.4, -0.2) is 17.2 Å². The fourth-order valence-electron chi connectivity index (χ4n) is 1.56. The molecule has 1 atom stereocenters. The van der Waals surface area contributed by atoms with E-state index in [2.05, 4.69) is 5.32 Å². The lowest BCUT2D eigenvalue weighted by Gasteiger charge is -2.16. The molecule has 0 aliphatic rings. The molecule has 0 aliphatic carbocycles. The van der Waals surface area contributed by atoms with Crippen LogP contribution in [-0.2, 0) is 4.79 Å². The maximum Gasteiger partial charge on any atom is 0.252 e. The maximum absolute atomic E-state index is 13.0. The molecule has 1 unspecified atom stereocenters. The van der Waals surface area contributed by atoms with Crippen molar-refractivity contribution >= 4 is 22.8 Å². The van der Waals surface area contributed by atoms with Crippen molar-refractivity contribution in [2.75, 3.05) is 0 Å². The molecule has 0 radical (unpaired) electrons. The topological polar surface area (TPSA) is 46.2 Å². The number of carbonyl (C=O) groups is 2. The van der Waals surface area contributed by atoms with Crippen molar-refractivity contribution in [2.24, 2.45) is 5.92 Å². The molecule has 6 heteroatoms. The molecule has 1 rings (SSSR count). The molecule has 104 valence electrons. The number of benzene rings is 1.